The smallest absolute Gasteiger partial charge is 0.408 e. The molecular weight excluding hydrogens is 410 g/mol. The van der Waals surface area contributed by atoms with E-state index in [4.69, 9.17) is 0 Å². The Morgan fingerprint density at radius 1 is 1.31 bits per heavy atom. The quantitative estimate of drug-likeness (QED) is 0.308. The summed E-state index contributed by atoms with van der Waals surface area (Å²) in [6.45, 7) is 9.17. The van der Waals surface area contributed by atoms with Gasteiger partial charge in [-0.15, -0.1) is 6.58 Å². The van der Waals surface area contributed by atoms with Gasteiger partial charge in [0.1, 0.15) is 6.20 Å². The summed E-state index contributed by atoms with van der Waals surface area (Å²) in [5.41, 5.74) is 1.08. The van der Waals surface area contributed by atoms with Crippen LogP contribution < -0.4 is 0 Å². The first-order chi connectivity index (χ1) is 15.1. The number of pyridine rings is 1. The topological polar surface area (TPSA) is 114 Å². The van der Waals surface area contributed by atoms with Crippen LogP contribution in [0.15, 0.2) is 67.5 Å². The first-order valence-electron chi connectivity index (χ1n) is 10.0. The molecule has 0 spiro atoms. The lowest BCUT2D eigenvalue weighted by molar-refractivity contribution is -0.384. The van der Waals surface area contributed by atoms with Crippen LogP contribution in [0, 0.1) is 10.1 Å². The van der Waals surface area contributed by atoms with Crippen molar-refractivity contribution >= 4 is 11.8 Å². The van der Waals surface area contributed by atoms with Crippen LogP contribution in [0.25, 0.3) is 16.9 Å². The van der Waals surface area contributed by atoms with E-state index < -0.39 is 22.6 Å². The number of benzene rings is 1. The molecule has 0 fully saturated rings. The fraction of sp³-hybridized carbons (Fsp3) is 0.261. The molecule has 0 bridgehead atoms. The molecule has 166 valence electrons. The van der Waals surface area contributed by atoms with Gasteiger partial charge in [-0.1, -0.05) is 24.3 Å². The second kappa shape index (κ2) is 9.01. The zero-order valence-corrected chi connectivity index (χ0v) is 18.2. The van der Waals surface area contributed by atoms with Crippen molar-refractivity contribution in [3.8, 4) is 16.9 Å². The molecule has 32 heavy (non-hydrogen) atoms. The van der Waals surface area contributed by atoms with E-state index in [9.17, 15) is 20.0 Å². The van der Waals surface area contributed by atoms with Gasteiger partial charge in [-0.25, -0.2) is 9.48 Å². The van der Waals surface area contributed by atoms with Gasteiger partial charge < -0.3 is 5.11 Å². The fourth-order valence-corrected chi connectivity index (χ4v) is 3.69. The van der Waals surface area contributed by atoms with Gasteiger partial charge in [0, 0.05) is 17.3 Å². The highest BCUT2D eigenvalue weighted by atomic mass is 16.6. The maximum atomic E-state index is 12.1. The van der Waals surface area contributed by atoms with E-state index in [0.717, 1.165) is 0 Å². The monoisotopic (exact) mass is 435 g/mol. The minimum Gasteiger partial charge on any atom is -0.465 e. The van der Waals surface area contributed by atoms with Crippen LogP contribution in [0.4, 0.5) is 10.5 Å². The van der Waals surface area contributed by atoms with E-state index in [0.29, 0.717) is 29.1 Å². The largest absolute Gasteiger partial charge is 0.465 e. The number of nitrogens with zero attached hydrogens (tertiary/aromatic N) is 5. The molecular formula is C23H25N5O4. The maximum absolute atomic E-state index is 12.1. The number of rotatable bonds is 7. The zero-order valence-electron chi connectivity index (χ0n) is 18.2. The molecule has 0 aliphatic rings. The average Bonchev–Trinajstić information content (AvgIpc) is 3.18. The third-order valence-electron chi connectivity index (χ3n) is 4.97. The zero-order chi connectivity index (χ0) is 23.5. The molecule has 1 N–H and O–H groups in total. The van der Waals surface area contributed by atoms with Crippen LogP contribution in [0.3, 0.4) is 0 Å². The number of nitro groups is 1. The Hall–Kier alpha value is -4.01. The number of amides is 1. The van der Waals surface area contributed by atoms with Crippen LogP contribution in [-0.4, -0.2) is 41.3 Å². The van der Waals surface area contributed by atoms with Gasteiger partial charge in [-0.2, -0.15) is 5.10 Å². The summed E-state index contributed by atoms with van der Waals surface area (Å²) in [5.74, 6) is 0. The van der Waals surface area contributed by atoms with Gasteiger partial charge in [-0.05, 0) is 51.5 Å². The lowest BCUT2D eigenvalue weighted by Crippen LogP contribution is -2.47. The number of carbonyl (C=O) groups is 1. The molecule has 9 nitrogen and oxygen atoms in total. The molecule has 3 rings (SSSR count). The molecule has 2 aromatic heterocycles. The molecule has 9 heteroatoms. The molecule has 0 saturated carbocycles. The standard InChI is InChI=1S/C23H25N5O4/c1-5-9-19(26(22(29)30)23(2,3)4)18-14-16(12-13-24-18)21-20(28(31)32)15-25-27(21)17-10-7-6-8-11-17/h5-8,10-15,19H,1,9H2,2-4H3,(H,29,30)/t19-/m0/s1. The van der Waals surface area contributed by atoms with Crippen molar-refractivity contribution in [2.75, 3.05) is 0 Å². The first kappa shape index (κ1) is 22.7. The summed E-state index contributed by atoms with van der Waals surface area (Å²) < 4.78 is 1.50. The summed E-state index contributed by atoms with van der Waals surface area (Å²) in [4.78, 5) is 29.1. The molecule has 0 unspecified atom stereocenters. The van der Waals surface area contributed by atoms with Gasteiger partial charge in [-0.3, -0.25) is 20.0 Å². The summed E-state index contributed by atoms with van der Waals surface area (Å²) in [6.07, 6.45) is 3.62. The average molecular weight is 435 g/mol. The Morgan fingerprint density at radius 2 is 2.00 bits per heavy atom. The Kier molecular flexibility index (Phi) is 6.38. The van der Waals surface area contributed by atoms with E-state index in [1.807, 2.05) is 18.2 Å². The lowest BCUT2D eigenvalue weighted by Gasteiger charge is -2.39. The highest BCUT2D eigenvalue weighted by Crippen LogP contribution is 2.35. The van der Waals surface area contributed by atoms with Crippen molar-refractivity contribution in [1.29, 1.82) is 0 Å². The van der Waals surface area contributed by atoms with Gasteiger partial charge >= 0.3 is 11.8 Å². The molecule has 0 aliphatic carbocycles. The molecule has 1 atom stereocenters. The van der Waals surface area contributed by atoms with E-state index in [1.54, 1.807) is 51.1 Å². The Morgan fingerprint density at radius 3 is 2.56 bits per heavy atom. The Balaban J connectivity index is 2.19. The molecule has 2 heterocycles. The van der Waals surface area contributed by atoms with Crippen molar-refractivity contribution in [3.63, 3.8) is 0 Å². The predicted octanol–water partition coefficient (Wildman–Crippen LogP) is 5.24. The lowest BCUT2D eigenvalue weighted by atomic mass is 9.98. The van der Waals surface area contributed by atoms with Crippen LogP contribution in [-0.2, 0) is 0 Å². The van der Waals surface area contributed by atoms with Crippen molar-refractivity contribution in [2.24, 2.45) is 0 Å². The molecule has 1 amide bonds. The minimum absolute atomic E-state index is 0.155. The van der Waals surface area contributed by atoms with E-state index >= 15 is 0 Å². The fourth-order valence-electron chi connectivity index (χ4n) is 3.69. The summed E-state index contributed by atoms with van der Waals surface area (Å²) in [5, 5.41) is 25.8. The Bertz CT molecular complexity index is 1130. The number of aromatic nitrogens is 3. The second-order valence-electron chi connectivity index (χ2n) is 8.22. The van der Waals surface area contributed by atoms with E-state index in [1.165, 1.54) is 22.0 Å². The molecule has 0 saturated heterocycles. The second-order valence-corrected chi connectivity index (χ2v) is 8.22. The molecule has 1 aromatic carbocycles. The Labute approximate surface area is 185 Å². The van der Waals surface area contributed by atoms with Crippen molar-refractivity contribution in [1.82, 2.24) is 19.7 Å². The summed E-state index contributed by atoms with van der Waals surface area (Å²) in [7, 11) is 0. The van der Waals surface area contributed by atoms with Crippen LogP contribution in [0.1, 0.15) is 38.9 Å². The first-order valence-corrected chi connectivity index (χ1v) is 10.0. The predicted molar refractivity (Wildman–Crippen MR) is 121 cm³/mol. The van der Waals surface area contributed by atoms with Gasteiger partial charge in [0.25, 0.3) is 0 Å². The van der Waals surface area contributed by atoms with Crippen LogP contribution in [0.2, 0.25) is 0 Å². The van der Waals surface area contributed by atoms with Gasteiger partial charge in [0.2, 0.25) is 0 Å². The number of hydrogen-bond acceptors (Lipinski definition) is 5. The van der Waals surface area contributed by atoms with Crippen LogP contribution >= 0.6 is 0 Å². The summed E-state index contributed by atoms with van der Waals surface area (Å²) >= 11 is 0. The highest BCUT2D eigenvalue weighted by molar-refractivity contribution is 5.72. The third-order valence-corrected chi connectivity index (χ3v) is 4.97. The number of carboxylic acid groups (broad SMARTS) is 1. The van der Waals surface area contributed by atoms with E-state index in [-0.39, 0.29) is 5.69 Å². The normalized spacial score (nSPS) is 12.2. The van der Waals surface area contributed by atoms with Crippen molar-refractivity contribution in [2.45, 2.75) is 38.8 Å². The number of para-hydroxylation sites is 1. The molecule has 0 radical (unpaired) electrons. The number of hydrogen-bond donors (Lipinski definition) is 1. The molecule has 3 aromatic rings. The SMILES string of the molecule is C=CC[C@@H](c1cc(-c2c([N+](=O)[O-])cnn2-c2ccccc2)ccn1)N(C(=O)O)C(C)(C)C. The van der Waals surface area contributed by atoms with Crippen LogP contribution in [0.5, 0.6) is 0 Å². The minimum atomic E-state index is -1.09. The van der Waals surface area contributed by atoms with Crippen molar-refractivity contribution < 1.29 is 14.8 Å². The van der Waals surface area contributed by atoms with E-state index in [2.05, 4.69) is 16.7 Å². The van der Waals surface area contributed by atoms with Crippen molar-refractivity contribution in [3.05, 3.63) is 83.3 Å². The third kappa shape index (κ3) is 4.51. The summed E-state index contributed by atoms with van der Waals surface area (Å²) in [6, 6.07) is 11.8. The molecule has 0 aliphatic heterocycles. The van der Waals surface area contributed by atoms with Gasteiger partial charge in [0.05, 0.1) is 22.3 Å². The maximum Gasteiger partial charge on any atom is 0.408 e. The highest BCUT2D eigenvalue weighted by Gasteiger charge is 2.35. The van der Waals surface area contributed by atoms with Gasteiger partial charge in [0.15, 0.2) is 5.69 Å².